The van der Waals surface area contributed by atoms with Crippen molar-refractivity contribution in [1.29, 1.82) is 5.26 Å². The Bertz CT molecular complexity index is 1910. The number of aromatic nitrogens is 2. The first-order valence-electron chi connectivity index (χ1n) is 15.8. The summed E-state index contributed by atoms with van der Waals surface area (Å²) in [6, 6.07) is 5.49. The Morgan fingerprint density at radius 2 is 1.89 bits per heavy atom. The van der Waals surface area contributed by atoms with E-state index in [9.17, 15) is 10.4 Å². The predicted molar refractivity (Wildman–Crippen MR) is 172 cm³/mol. The van der Waals surface area contributed by atoms with Crippen LogP contribution in [0, 0.1) is 23.0 Å². The summed E-state index contributed by atoms with van der Waals surface area (Å²) < 4.78 is 45.9. The molecule has 3 fully saturated rings. The molecule has 0 aliphatic carbocycles. The van der Waals surface area contributed by atoms with Gasteiger partial charge in [0, 0.05) is 59.0 Å². The summed E-state index contributed by atoms with van der Waals surface area (Å²) in [4.78, 5) is 16.4. The Hall–Kier alpha value is -3.67. The summed E-state index contributed by atoms with van der Waals surface area (Å²) >= 11 is 1.17. The van der Waals surface area contributed by atoms with Crippen molar-refractivity contribution in [2.45, 2.75) is 63.6 Å². The summed E-state index contributed by atoms with van der Waals surface area (Å²) in [5.41, 5.74) is 7.62. The molecule has 0 radical (unpaired) electrons. The quantitative estimate of drug-likeness (QED) is 0.299. The van der Waals surface area contributed by atoms with Gasteiger partial charge in [-0.2, -0.15) is 15.2 Å². The highest BCUT2D eigenvalue weighted by Crippen LogP contribution is 2.49. The van der Waals surface area contributed by atoms with Crippen molar-refractivity contribution in [3.63, 3.8) is 0 Å². The van der Waals surface area contributed by atoms with Gasteiger partial charge in [0.15, 0.2) is 5.82 Å². The van der Waals surface area contributed by atoms with Crippen LogP contribution in [-0.4, -0.2) is 88.9 Å². The number of nitriles is 1. The number of aliphatic hydroxyl groups is 1. The summed E-state index contributed by atoms with van der Waals surface area (Å²) in [7, 11) is 2.03. The normalized spacial score (nSPS) is 23.6. The van der Waals surface area contributed by atoms with Gasteiger partial charge in [-0.05, 0) is 63.0 Å². The molecule has 2 aromatic carbocycles. The minimum absolute atomic E-state index is 0.00585. The molecule has 0 spiro atoms. The Kier molecular flexibility index (Phi) is 7.26. The molecule has 2 bridgehead atoms. The number of benzene rings is 2. The first kappa shape index (κ1) is 29.7. The van der Waals surface area contributed by atoms with Gasteiger partial charge >= 0.3 is 6.01 Å². The van der Waals surface area contributed by atoms with E-state index in [0.717, 1.165) is 44.5 Å². The number of nitrogens with zero attached hydrogens (tertiary/aromatic N) is 6. The fourth-order valence-electron chi connectivity index (χ4n) is 7.85. The van der Waals surface area contributed by atoms with Crippen LogP contribution in [0.5, 0.6) is 6.01 Å². The Labute approximate surface area is 268 Å². The van der Waals surface area contributed by atoms with Crippen LogP contribution in [0.25, 0.3) is 32.1 Å². The summed E-state index contributed by atoms with van der Waals surface area (Å²) in [5, 5.41) is 21.1. The third-order valence-electron chi connectivity index (χ3n) is 10.1. The minimum atomic E-state index is -0.700. The lowest BCUT2D eigenvalue weighted by atomic mass is 9.90. The number of hydrogen-bond acceptors (Lipinski definition) is 11. The first-order valence-corrected chi connectivity index (χ1v) is 16.6. The smallest absolute Gasteiger partial charge is 0.319 e. The van der Waals surface area contributed by atoms with E-state index >= 15 is 8.78 Å². The largest absolute Gasteiger partial charge is 0.462 e. The zero-order valence-corrected chi connectivity index (χ0v) is 26.5. The Morgan fingerprint density at radius 1 is 1.13 bits per heavy atom. The molecule has 3 saturated heterocycles. The van der Waals surface area contributed by atoms with Crippen molar-refractivity contribution in [2.24, 2.45) is 0 Å². The van der Waals surface area contributed by atoms with Crippen LogP contribution < -0.4 is 15.4 Å². The molecule has 2 unspecified atom stereocenters. The number of nitrogens with two attached hydrogens (primary N) is 1. The standard InChI is InChI=1S/C33H35F2N7O3S/c1-16(43)10-41-11-17-3-4-18(12-41)42(17)32-27-22-15-44-14-21(22)26(28-23(34)5-6-24-25(28)20(9-36)31(37)46-24)29(35)30(27)38-33(39-32)45-13-19-7-8-40(19)2/h5-6,16-19,43H,3-4,7-8,10-15,37H2,1-2H3/t16-,17?,18?,19+/m1/s1. The predicted octanol–water partition coefficient (Wildman–Crippen LogP) is 4.39. The van der Waals surface area contributed by atoms with E-state index in [0.29, 0.717) is 40.0 Å². The summed E-state index contributed by atoms with van der Waals surface area (Å²) in [6.07, 6.45) is 2.44. The highest BCUT2D eigenvalue weighted by Gasteiger charge is 2.43. The van der Waals surface area contributed by atoms with Crippen LogP contribution in [0.3, 0.4) is 0 Å². The van der Waals surface area contributed by atoms with Gasteiger partial charge in [0.2, 0.25) is 0 Å². The van der Waals surface area contributed by atoms with Crippen molar-refractivity contribution in [3.05, 3.63) is 40.5 Å². The second kappa shape index (κ2) is 11.2. The van der Waals surface area contributed by atoms with Crippen LogP contribution >= 0.6 is 11.3 Å². The van der Waals surface area contributed by atoms with Gasteiger partial charge in [-0.3, -0.25) is 9.80 Å². The third kappa shape index (κ3) is 4.61. The van der Waals surface area contributed by atoms with Crippen molar-refractivity contribution in [2.75, 3.05) is 50.5 Å². The van der Waals surface area contributed by atoms with Crippen LogP contribution in [0.1, 0.15) is 42.9 Å². The molecule has 0 saturated carbocycles. The van der Waals surface area contributed by atoms with E-state index in [4.69, 9.17) is 20.2 Å². The Balaban J connectivity index is 1.35. The van der Waals surface area contributed by atoms with E-state index in [1.54, 1.807) is 13.0 Å². The molecule has 4 aliphatic rings. The number of thiophene rings is 1. The van der Waals surface area contributed by atoms with Gasteiger partial charge in [0.05, 0.1) is 30.3 Å². The number of nitrogen functional groups attached to an aromatic ring is 1. The number of likely N-dealkylation sites (N-methyl/N-ethyl adjacent to an activating group) is 1. The van der Waals surface area contributed by atoms with E-state index in [1.165, 1.54) is 17.4 Å². The van der Waals surface area contributed by atoms with Crippen molar-refractivity contribution in [1.82, 2.24) is 19.8 Å². The van der Waals surface area contributed by atoms with E-state index in [1.807, 2.05) is 7.05 Å². The maximum atomic E-state index is 17.3. The number of piperazine rings is 1. The van der Waals surface area contributed by atoms with E-state index in [2.05, 4.69) is 25.8 Å². The number of halogens is 2. The minimum Gasteiger partial charge on any atom is -0.462 e. The molecule has 240 valence electrons. The van der Waals surface area contributed by atoms with E-state index < -0.39 is 17.7 Å². The van der Waals surface area contributed by atoms with Crippen molar-refractivity contribution < 1.29 is 23.4 Å². The lowest BCUT2D eigenvalue weighted by Crippen LogP contribution is -2.55. The first-order chi connectivity index (χ1) is 22.2. The number of likely N-dealkylation sites (tertiary alicyclic amines) is 2. The highest BCUT2D eigenvalue weighted by atomic mass is 32.1. The molecule has 4 aliphatic heterocycles. The molecule has 46 heavy (non-hydrogen) atoms. The van der Waals surface area contributed by atoms with Gasteiger partial charge in [-0.1, -0.05) is 0 Å². The number of β-amino-alcohol motifs (C(OH)–C–C–N with tert-alkyl or cyclic N) is 1. The number of hydrogen-bond donors (Lipinski definition) is 2. The molecule has 6 heterocycles. The maximum absolute atomic E-state index is 17.3. The van der Waals surface area contributed by atoms with Crippen LogP contribution in [0.4, 0.5) is 19.6 Å². The average molecular weight is 648 g/mol. The van der Waals surface area contributed by atoms with Gasteiger partial charge in [0.1, 0.15) is 34.8 Å². The summed E-state index contributed by atoms with van der Waals surface area (Å²) in [6.45, 7) is 5.50. The molecule has 3 N–H and O–H groups in total. The number of anilines is 2. The fraction of sp³-hybridized carbons (Fsp3) is 0.485. The van der Waals surface area contributed by atoms with Gasteiger partial charge in [0.25, 0.3) is 0 Å². The fourth-order valence-corrected chi connectivity index (χ4v) is 8.78. The molecule has 10 nitrogen and oxygen atoms in total. The monoisotopic (exact) mass is 647 g/mol. The zero-order valence-electron chi connectivity index (χ0n) is 25.7. The number of fused-ring (bicyclic) bond motifs is 6. The topological polar surface area (TPSA) is 124 Å². The molecule has 4 atom stereocenters. The lowest BCUT2D eigenvalue weighted by Gasteiger charge is -2.42. The summed E-state index contributed by atoms with van der Waals surface area (Å²) in [5.74, 6) is -0.747. The molecule has 8 rings (SSSR count). The van der Waals surface area contributed by atoms with Crippen LogP contribution in [-0.2, 0) is 18.0 Å². The Morgan fingerprint density at radius 3 is 2.57 bits per heavy atom. The zero-order chi connectivity index (χ0) is 31.9. The highest BCUT2D eigenvalue weighted by molar-refractivity contribution is 7.23. The molecular formula is C33H35F2N7O3S. The third-order valence-corrected chi connectivity index (χ3v) is 11.1. The number of aliphatic hydroxyl groups excluding tert-OH is 1. The SMILES string of the molecule is C[C@@H](O)CN1CC2CCC(C1)N2c1nc(OC[C@@H]2CCN2C)nc2c(F)c(-c3c(F)ccc4sc(N)c(C#N)c34)c3c(c12)COC3. The number of ether oxygens (including phenoxy) is 2. The van der Waals surface area contributed by atoms with E-state index in [-0.39, 0.29) is 64.6 Å². The second-order valence-corrected chi connectivity index (χ2v) is 14.1. The molecular weight excluding hydrogens is 612 g/mol. The average Bonchev–Trinajstić information content (AvgIpc) is 3.70. The second-order valence-electron chi connectivity index (χ2n) is 13.0. The maximum Gasteiger partial charge on any atom is 0.319 e. The molecule has 4 aromatic rings. The van der Waals surface area contributed by atoms with Gasteiger partial charge < -0.3 is 25.2 Å². The van der Waals surface area contributed by atoms with Crippen molar-refractivity contribution in [3.8, 4) is 23.2 Å². The van der Waals surface area contributed by atoms with Crippen molar-refractivity contribution >= 4 is 43.1 Å². The molecule has 13 heteroatoms. The number of rotatable bonds is 7. The van der Waals surface area contributed by atoms with Gasteiger partial charge in [-0.25, -0.2) is 8.78 Å². The van der Waals surface area contributed by atoms with Crippen LogP contribution in [0.2, 0.25) is 0 Å². The molecule has 0 amide bonds. The lowest BCUT2D eigenvalue weighted by molar-refractivity contribution is 0.0731. The van der Waals surface area contributed by atoms with Gasteiger partial charge in [-0.15, -0.1) is 11.3 Å². The van der Waals surface area contributed by atoms with Crippen LogP contribution in [0.15, 0.2) is 12.1 Å². The molecule has 2 aromatic heterocycles.